The van der Waals surface area contributed by atoms with Crippen LogP contribution in [0, 0.1) is 13.8 Å². The third kappa shape index (κ3) is 2.12. The topological polar surface area (TPSA) is 74.6 Å². The third-order valence-electron chi connectivity index (χ3n) is 2.22. The molecule has 1 aromatic carbocycles. The number of rotatable bonds is 2. The average Bonchev–Trinajstić information content (AvgIpc) is 2.07. The van der Waals surface area contributed by atoms with Gasteiger partial charge in [0.25, 0.3) is 10.1 Å². The first-order chi connectivity index (χ1) is 6.36. The summed E-state index contributed by atoms with van der Waals surface area (Å²) in [6.07, 6.45) is 0. The maximum Gasteiger partial charge on any atom is 0.294 e. The van der Waals surface area contributed by atoms with Crippen LogP contribution in [-0.2, 0) is 16.7 Å². The highest BCUT2D eigenvalue weighted by atomic mass is 32.2. The Labute approximate surface area is 82.9 Å². The van der Waals surface area contributed by atoms with Crippen molar-refractivity contribution in [2.75, 3.05) is 0 Å². The summed E-state index contributed by atoms with van der Waals surface area (Å²) >= 11 is 0. The molecule has 0 heterocycles. The second-order valence-electron chi connectivity index (χ2n) is 3.16. The van der Waals surface area contributed by atoms with E-state index in [4.69, 9.17) is 9.66 Å². The van der Waals surface area contributed by atoms with E-state index >= 15 is 0 Å². The van der Waals surface area contributed by atoms with E-state index in [0.717, 1.165) is 11.1 Å². The fraction of sp³-hybridized carbons (Fsp3) is 0.333. The molecule has 0 atom stereocenters. The molecule has 78 valence electrons. The molecule has 0 fully saturated rings. The highest BCUT2D eigenvalue weighted by Gasteiger charge is 2.12. The molecule has 0 aliphatic heterocycles. The average molecular weight is 216 g/mol. The molecule has 0 saturated carbocycles. The normalized spacial score (nSPS) is 11.7. The minimum Gasteiger partial charge on any atom is -0.392 e. The van der Waals surface area contributed by atoms with Crippen LogP contribution in [0.3, 0.4) is 0 Å². The number of benzene rings is 1. The number of aliphatic hydroxyl groups is 1. The fourth-order valence-electron chi connectivity index (χ4n) is 1.21. The monoisotopic (exact) mass is 216 g/mol. The Morgan fingerprint density at radius 1 is 1.29 bits per heavy atom. The molecule has 5 heteroatoms. The zero-order valence-corrected chi connectivity index (χ0v) is 8.80. The molecule has 14 heavy (non-hydrogen) atoms. The van der Waals surface area contributed by atoms with E-state index in [1.807, 2.05) is 0 Å². The molecule has 0 bridgehead atoms. The lowest BCUT2D eigenvalue weighted by molar-refractivity contribution is 0.280. The predicted molar refractivity (Wildman–Crippen MR) is 51.7 cm³/mol. The molecule has 1 aromatic rings. The van der Waals surface area contributed by atoms with Crippen LogP contribution in [-0.4, -0.2) is 18.1 Å². The Kier molecular flexibility index (Phi) is 2.94. The van der Waals surface area contributed by atoms with Crippen molar-refractivity contribution in [2.45, 2.75) is 25.3 Å². The van der Waals surface area contributed by atoms with E-state index in [-0.39, 0.29) is 11.5 Å². The van der Waals surface area contributed by atoms with Crippen LogP contribution in [0.5, 0.6) is 0 Å². The summed E-state index contributed by atoms with van der Waals surface area (Å²) in [7, 11) is -4.19. The molecular weight excluding hydrogens is 204 g/mol. The highest BCUT2D eigenvalue weighted by molar-refractivity contribution is 7.85. The van der Waals surface area contributed by atoms with E-state index in [0.29, 0.717) is 5.56 Å². The van der Waals surface area contributed by atoms with Crippen molar-refractivity contribution in [3.63, 3.8) is 0 Å². The summed E-state index contributed by atoms with van der Waals surface area (Å²) in [5.41, 5.74) is 2.07. The van der Waals surface area contributed by atoms with E-state index in [9.17, 15) is 8.42 Å². The molecule has 0 aliphatic carbocycles. The van der Waals surface area contributed by atoms with Gasteiger partial charge in [-0.1, -0.05) is 0 Å². The SMILES string of the molecule is Cc1cc(S(=O)(=O)O)cc(CO)c1C. The molecule has 0 aliphatic rings. The molecule has 0 unspecified atom stereocenters. The minimum absolute atomic E-state index is 0.176. The van der Waals surface area contributed by atoms with Crippen LogP contribution in [0.4, 0.5) is 0 Å². The van der Waals surface area contributed by atoms with E-state index < -0.39 is 10.1 Å². The van der Waals surface area contributed by atoms with E-state index in [1.165, 1.54) is 12.1 Å². The van der Waals surface area contributed by atoms with Gasteiger partial charge in [-0.05, 0) is 42.7 Å². The maximum absolute atomic E-state index is 10.8. The van der Waals surface area contributed by atoms with Crippen molar-refractivity contribution in [3.05, 3.63) is 28.8 Å². The van der Waals surface area contributed by atoms with Crippen LogP contribution < -0.4 is 0 Å². The summed E-state index contributed by atoms with van der Waals surface area (Å²) in [6, 6.07) is 2.65. The summed E-state index contributed by atoms with van der Waals surface area (Å²) in [5, 5.41) is 8.96. The Bertz CT molecular complexity index is 448. The van der Waals surface area contributed by atoms with Gasteiger partial charge in [-0.2, -0.15) is 8.42 Å². The standard InChI is InChI=1S/C9H12O4S/c1-6-3-9(14(11,12)13)4-8(5-10)7(6)2/h3-4,10H,5H2,1-2H3,(H,11,12,13). The molecule has 0 saturated heterocycles. The molecule has 2 N–H and O–H groups in total. The Balaban J connectivity index is 3.46. The van der Waals surface area contributed by atoms with E-state index in [1.54, 1.807) is 13.8 Å². The van der Waals surface area contributed by atoms with Gasteiger partial charge < -0.3 is 5.11 Å². The van der Waals surface area contributed by atoms with Crippen molar-refractivity contribution in [1.82, 2.24) is 0 Å². The van der Waals surface area contributed by atoms with Crippen LogP contribution in [0.1, 0.15) is 16.7 Å². The molecule has 0 spiro atoms. The van der Waals surface area contributed by atoms with Crippen molar-refractivity contribution in [3.8, 4) is 0 Å². The Morgan fingerprint density at radius 3 is 2.29 bits per heavy atom. The first kappa shape index (κ1) is 11.2. The zero-order chi connectivity index (χ0) is 10.9. The van der Waals surface area contributed by atoms with Crippen molar-refractivity contribution < 1.29 is 18.1 Å². The summed E-state index contributed by atoms with van der Waals surface area (Å²) in [5.74, 6) is 0. The largest absolute Gasteiger partial charge is 0.392 e. The maximum atomic E-state index is 10.8. The molecule has 0 aromatic heterocycles. The smallest absolute Gasteiger partial charge is 0.294 e. The van der Waals surface area contributed by atoms with Gasteiger partial charge in [0.15, 0.2) is 0 Å². The Hall–Kier alpha value is -0.910. The number of hydrogen-bond donors (Lipinski definition) is 2. The lowest BCUT2D eigenvalue weighted by Crippen LogP contribution is -2.02. The van der Waals surface area contributed by atoms with Gasteiger partial charge in [-0.15, -0.1) is 0 Å². The van der Waals surface area contributed by atoms with Gasteiger partial charge in [0, 0.05) is 0 Å². The highest BCUT2D eigenvalue weighted by Crippen LogP contribution is 2.19. The predicted octanol–water partition coefficient (Wildman–Crippen LogP) is 1.04. The quantitative estimate of drug-likeness (QED) is 0.724. The Morgan fingerprint density at radius 2 is 1.86 bits per heavy atom. The molecule has 4 nitrogen and oxygen atoms in total. The molecule has 0 radical (unpaired) electrons. The van der Waals surface area contributed by atoms with Crippen LogP contribution in [0.2, 0.25) is 0 Å². The van der Waals surface area contributed by atoms with Crippen molar-refractivity contribution in [1.29, 1.82) is 0 Å². The minimum atomic E-state index is -4.19. The van der Waals surface area contributed by atoms with Crippen LogP contribution in [0.15, 0.2) is 17.0 Å². The van der Waals surface area contributed by atoms with Gasteiger partial charge in [0.05, 0.1) is 11.5 Å². The van der Waals surface area contributed by atoms with Gasteiger partial charge in [0.1, 0.15) is 0 Å². The van der Waals surface area contributed by atoms with Gasteiger partial charge >= 0.3 is 0 Å². The number of hydrogen-bond acceptors (Lipinski definition) is 3. The van der Waals surface area contributed by atoms with Gasteiger partial charge in [0.2, 0.25) is 0 Å². The lowest BCUT2D eigenvalue weighted by Gasteiger charge is -2.08. The second kappa shape index (κ2) is 3.68. The second-order valence-corrected chi connectivity index (χ2v) is 4.58. The summed E-state index contributed by atoms with van der Waals surface area (Å²) in [4.78, 5) is -0.176. The zero-order valence-electron chi connectivity index (χ0n) is 7.98. The fourth-order valence-corrected chi connectivity index (χ4v) is 1.83. The number of aliphatic hydroxyl groups excluding tert-OH is 1. The third-order valence-corrected chi connectivity index (χ3v) is 3.05. The molecule has 1 rings (SSSR count). The molecular formula is C9H12O4S. The first-order valence-electron chi connectivity index (χ1n) is 4.04. The summed E-state index contributed by atoms with van der Waals surface area (Å²) in [6.45, 7) is 3.27. The number of aryl methyl sites for hydroxylation is 1. The van der Waals surface area contributed by atoms with Crippen LogP contribution >= 0.6 is 0 Å². The molecule has 0 amide bonds. The van der Waals surface area contributed by atoms with E-state index in [2.05, 4.69) is 0 Å². The van der Waals surface area contributed by atoms with Crippen molar-refractivity contribution >= 4 is 10.1 Å². The lowest BCUT2D eigenvalue weighted by atomic mass is 10.0. The van der Waals surface area contributed by atoms with Crippen LogP contribution in [0.25, 0.3) is 0 Å². The summed E-state index contributed by atoms with van der Waals surface area (Å²) < 4.78 is 30.5. The first-order valence-corrected chi connectivity index (χ1v) is 5.48. The van der Waals surface area contributed by atoms with Crippen molar-refractivity contribution in [2.24, 2.45) is 0 Å². The van der Waals surface area contributed by atoms with Gasteiger partial charge in [-0.25, -0.2) is 0 Å². The van der Waals surface area contributed by atoms with Gasteiger partial charge in [-0.3, -0.25) is 4.55 Å².